The highest BCUT2D eigenvalue weighted by Gasteiger charge is 2.31. The fraction of sp³-hybridized carbons (Fsp3) is 0. The highest BCUT2D eigenvalue weighted by molar-refractivity contribution is 6.13. The third-order valence-corrected chi connectivity index (χ3v) is 12.9. The quantitative estimate of drug-likeness (QED) is 0.0692. The van der Waals surface area contributed by atoms with Gasteiger partial charge in [0.15, 0.2) is 23.3 Å². The van der Waals surface area contributed by atoms with Gasteiger partial charge in [-0.15, -0.1) is 0 Å². The van der Waals surface area contributed by atoms with E-state index in [2.05, 4.69) is 4.85 Å². The van der Waals surface area contributed by atoms with E-state index in [4.69, 9.17) is 16.5 Å². The van der Waals surface area contributed by atoms with Crippen molar-refractivity contribution >= 4 is 49.3 Å². The average Bonchev–Trinajstić information content (AvgIpc) is 3.92. The number of benzene rings is 8. The SMILES string of the molecule is [C-]#[N+]c1cc(-n2c3ccccc3c3cc(-c4cccnc4-c4ccccc4)ccc32)c(-c2c(F)c(F)c(F)c(F)c2F)cc1-n1c2ccccc2c2cc(-c3cccnc3-c3ccccc3)ccc21. The summed E-state index contributed by atoms with van der Waals surface area (Å²) in [6, 6.07) is 56.7. The molecule has 0 unspecified atom stereocenters. The third-order valence-electron chi connectivity index (χ3n) is 12.9. The van der Waals surface area contributed by atoms with Gasteiger partial charge in [-0.05, 0) is 71.8 Å². The summed E-state index contributed by atoms with van der Waals surface area (Å²) in [6.07, 6.45) is 3.48. The Morgan fingerprint density at radius 2 is 0.797 bits per heavy atom. The lowest BCUT2D eigenvalue weighted by Gasteiger charge is -2.20. The molecule has 0 aliphatic heterocycles. The summed E-state index contributed by atoms with van der Waals surface area (Å²) in [5.74, 6) is -10.4. The lowest BCUT2D eigenvalue weighted by molar-refractivity contribution is 0.381. The summed E-state index contributed by atoms with van der Waals surface area (Å²) < 4.78 is 82.2. The van der Waals surface area contributed by atoms with E-state index in [1.165, 1.54) is 12.1 Å². The number of hydrogen-bond donors (Lipinski definition) is 0. The van der Waals surface area contributed by atoms with Crippen molar-refractivity contribution in [2.24, 2.45) is 0 Å². The molecule has 0 bridgehead atoms. The van der Waals surface area contributed by atoms with Crippen LogP contribution in [-0.2, 0) is 0 Å². The maximum atomic E-state index is 16.5. The highest BCUT2D eigenvalue weighted by atomic mass is 19.2. The second-order valence-corrected chi connectivity index (χ2v) is 16.6. The van der Waals surface area contributed by atoms with Crippen LogP contribution in [-0.4, -0.2) is 19.1 Å². The minimum Gasteiger partial charge on any atom is -0.319 e. The molecule has 0 atom stereocenters. The Morgan fingerprint density at radius 1 is 0.362 bits per heavy atom. The van der Waals surface area contributed by atoms with Crippen LogP contribution in [0.3, 0.4) is 0 Å². The third kappa shape index (κ3) is 6.50. The van der Waals surface area contributed by atoms with E-state index in [0.29, 0.717) is 22.1 Å². The van der Waals surface area contributed by atoms with E-state index in [1.807, 2.05) is 164 Å². The van der Waals surface area contributed by atoms with E-state index >= 15 is 17.6 Å². The number of fused-ring (bicyclic) bond motifs is 6. The Labute approximate surface area is 391 Å². The number of hydrogen-bond acceptors (Lipinski definition) is 2. The molecule has 0 spiro atoms. The molecule has 10 heteroatoms. The predicted molar refractivity (Wildman–Crippen MR) is 264 cm³/mol. The van der Waals surface area contributed by atoms with Gasteiger partial charge in [0.25, 0.3) is 0 Å². The first kappa shape index (κ1) is 41.2. The van der Waals surface area contributed by atoms with Gasteiger partial charge in [-0.1, -0.05) is 121 Å². The van der Waals surface area contributed by atoms with Gasteiger partial charge in [-0.3, -0.25) is 9.97 Å². The molecule has 69 heavy (non-hydrogen) atoms. The van der Waals surface area contributed by atoms with Crippen molar-refractivity contribution in [3.63, 3.8) is 0 Å². The molecule has 5 nitrogen and oxygen atoms in total. The Hall–Kier alpha value is -9.20. The van der Waals surface area contributed by atoms with Gasteiger partial charge < -0.3 is 9.13 Å². The van der Waals surface area contributed by atoms with Crippen molar-refractivity contribution in [2.45, 2.75) is 0 Å². The van der Waals surface area contributed by atoms with Gasteiger partial charge in [0.2, 0.25) is 11.5 Å². The van der Waals surface area contributed by atoms with E-state index in [-0.39, 0.29) is 22.6 Å². The van der Waals surface area contributed by atoms with Crippen molar-refractivity contribution in [2.75, 3.05) is 0 Å². The summed E-state index contributed by atoms with van der Waals surface area (Å²) in [5.41, 5.74) is 8.11. The number of halogens is 5. The maximum Gasteiger partial charge on any atom is 0.212 e. The largest absolute Gasteiger partial charge is 0.319 e. The average molecular weight is 906 g/mol. The number of nitrogens with zero attached hydrogens (tertiary/aromatic N) is 5. The number of para-hydroxylation sites is 2. The molecular weight excluding hydrogens is 874 g/mol. The van der Waals surface area contributed by atoms with Crippen molar-refractivity contribution in [1.29, 1.82) is 0 Å². The lowest BCUT2D eigenvalue weighted by Crippen LogP contribution is -2.07. The molecule has 0 N–H and O–H groups in total. The first-order chi connectivity index (χ1) is 33.8. The maximum absolute atomic E-state index is 16.5. The standard InChI is InChI=1S/C59H32F5N5/c1-65-45-33-50(68-46-22-10-8-18-40(46)42-30-36(24-26-48(42)68)38-20-12-28-66-58(38)34-14-4-2-5-15-34)44(52-53(60)55(62)57(64)56(63)54(52)61)32-51(45)69-47-23-11-9-19-41(47)43-31-37(25-27-49(43)69)39-21-13-29-67-59(39)35-16-6-3-7-17-35/h2-33H. The monoisotopic (exact) mass is 905 g/mol. The van der Waals surface area contributed by atoms with E-state index < -0.39 is 34.6 Å². The molecule has 4 aromatic heterocycles. The van der Waals surface area contributed by atoms with Crippen molar-refractivity contribution < 1.29 is 22.0 Å². The number of rotatable bonds is 7. The first-order valence-electron chi connectivity index (χ1n) is 22.0. The van der Waals surface area contributed by atoms with Crippen LogP contribution in [0.5, 0.6) is 0 Å². The lowest BCUT2D eigenvalue weighted by atomic mass is 9.97. The Balaban J connectivity index is 1.13. The summed E-state index contributed by atoms with van der Waals surface area (Å²) in [4.78, 5) is 13.5. The smallest absolute Gasteiger partial charge is 0.212 e. The normalized spacial score (nSPS) is 11.5. The zero-order chi connectivity index (χ0) is 46.9. The molecule has 12 aromatic rings. The molecule has 0 saturated carbocycles. The van der Waals surface area contributed by atoms with Crippen molar-refractivity contribution in [3.05, 3.63) is 235 Å². The first-order valence-corrected chi connectivity index (χ1v) is 22.0. The molecule has 0 aliphatic rings. The second-order valence-electron chi connectivity index (χ2n) is 16.6. The zero-order valence-electron chi connectivity index (χ0n) is 36.1. The molecule has 0 saturated heterocycles. The van der Waals surface area contributed by atoms with Gasteiger partial charge in [0.1, 0.15) is 0 Å². The Morgan fingerprint density at radius 3 is 1.29 bits per heavy atom. The zero-order valence-corrected chi connectivity index (χ0v) is 36.1. The fourth-order valence-electron chi connectivity index (χ4n) is 9.79. The Kier molecular flexibility index (Phi) is 9.74. The van der Waals surface area contributed by atoms with Crippen LogP contribution in [0.1, 0.15) is 0 Å². The van der Waals surface area contributed by atoms with Crippen LogP contribution in [0.2, 0.25) is 0 Å². The second kappa shape index (κ2) is 16.3. The molecule has 8 aromatic carbocycles. The highest BCUT2D eigenvalue weighted by Crippen LogP contribution is 2.46. The number of aromatic nitrogens is 4. The molecule has 0 aliphatic carbocycles. The van der Waals surface area contributed by atoms with E-state index in [1.54, 1.807) is 27.6 Å². The van der Waals surface area contributed by atoms with Crippen LogP contribution in [0.15, 0.2) is 194 Å². The fourth-order valence-corrected chi connectivity index (χ4v) is 9.79. The van der Waals surface area contributed by atoms with Crippen molar-refractivity contribution in [1.82, 2.24) is 19.1 Å². The molecule has 328 valence electrons. The van der Waals surface area contributed by atoms with Gasteiger partial charge in [-0.25, -0.2) is 26.8 Å². The van der Waals surface area contributed by atoms with Gasteiger partial charge >= 0.3 is 0 Å². The summed E-state index contributed by atoms with van der Waals surface area (Å²) in [7, 11) is 0. The van der Waals surface area contributed by atoms with Gasteiger partial charge in [0.05, 0.1) is 51.3 Å². The molecule has 0 fully saturated rings. The molecule has 12 rings (SSSR count). The Bertz CT molecular complexity index is 4070. The number of pyridine rings is 2. The van der Waals surface area contributed by atoms with Crippen LogP contribution < -0.4 is 0 Å². The topological polar surface area (TPSA) is 40.0 Å². The molecule has 0 amide bonds. The summed E-state index contributed by atoms with van der Waals surface area (Å²) >= 11 is 0. The van der Waals surface area contributed by atoms with Crippen LogP contribution in [0.25, 0.3) is 116 Å². The van der Waals surface area contributed by atoms with Gasteiger partial charge in [-0.2, -0.15) is 0 Å². The summed E-state index contributed by atoms with van der Waals surface area (Å²) in [5, 5.41) is 3.09. The molecular formula is C59H32F5N5. The van der Waals surface area contributed by atoms with E-state index in [0.717, 1.165) is 66.3 Å². The minimum atomic E-state index is -2.27. The van der Waals surface area contributed by atoms with Gasteiger partial charge in [0, 0.05) is 67.4 Å². The van der Waals surface area contributed by atoms with Crippen molar-refractivity contribution in [3.8, 4) is 67.3 Å². The van der Waals surface area contributed by atoms with E-state index in [9.17, 15) is 4.39 Å². The molecule has 4 heterocycles. The van der Waals surface area contributed by atoms with Crippen LogP contribution in [0.4, 0.5) is 27.6 Å². The molecule has 0 radical (unpaired) electrons. The van der Waals surface area contributed by atoms with Crippen LogP contribution in [0, 0.1) is 35.7 Å². The minimum absolute atomic E-state index is 0.0336. The summed E-state index contributed by atoms with van der Waals surface area (Å²) in [6.45, 7) is 8.65. The van der Waals surface area contributed by atoms with Crippen LogP contribution >= 0.6 is 0 Å². The predicted octanol–water partition coefficient (Wildman–Crippen LogP) is 16.3.